The van der Waals surface area contributed by atoms with Gasteiger partial charge < -0.3 is 39.0 Å². The van der Waals surface area contributed by atoms with Gasteiger partial charge in [0.05, 0.1) is 11.3 Å². The summed E-state index contributed by atoms with van der Waals surface area (Å²) in [4.78, 5) is 30.6. The van der Waals surface area contributed by atoms with Crippen LogP contribution in [0.4, 0.5) is 13.2 Å². The van der Waals surface area contributed by atoms with E-state index in [1.54, 1.807) is 81.0 Å². The second-order valence-corrected chi connectivity index (χ2v) is 24.7. The van der Waals surface area contributed by atoms with Crippen molar-refractivity contribution in [2.24, 2.45) is 0 Å². The van der Waals surface area contributed by atoms with Gasteiger partial charge in [-0.1, -0.05) is 97.3 Å². The number of fused-ring (bicyclic) bond motifs is 6. The van der Waals surface area contributed by atoms with Crippen LogP contribution in [0.15, 0.2) is 198 Å². The molecule has 0 saturated heterocycles. The Labute approximate surface area is 651 Å². The fraction of sp³-hybridized carbons (Fsp3) is 0.226. The molecule has 0 aliphatic heterocycles. The molecule has 14 rings (SSSR count). The topological polar surface area (TPSA) is 211 Å². The van der Waals surface area contributed by atoms with Crippen LogP contribution >= 0.6 is 0 Å². The first-order valence-electron chi connectivity index (χ1n) is 37.7. The van der Waals surface area contributed by atoms with Gasteiger partial charge in [-0.15, -0.1) is 126 Å². The zero-order valence-electron chi connectivity index (χ0n) is 70.9. The number of rotatable bonds is 7. The number of aliphatic hydroxyl groups excluding tert-OH is 2. The summed E-state index contributed by atoms with van der Waals surface area (Å²) in [5.74, 6) is 0.546. The van der Waals surface area contributed by atoms with E-state index in [1.165, 1.54) is 28.5 Å². The number of nitrogens with zero attached hydrogens (tertiary/aromatic N) is 7. The van der Waals surface area contributed by atoms with E-state index in [1.807, 2.05) is 105 Å². The number of pyridine rings is 7. The number of halogens is 3. The van der Waals surface area contributed by atoms with Crippen molar-refractivity contribution in [2.45, 2.75) is 114 Å². The van der Waals surface area contributed by atoms with Gasteiger partial charge in [0.2, 0.25) is 11.4 Å². The third-order valence-corrected chi connectivity index (χ3v) is 16.3. The Hall–Kier alpha value is -9.33. The molecule has 9 aromatic heterocycles. The zero-order valence-corrected chi connectivity index (χ0v) is 64.5. The van der Waals surface area contributed by atoms with Crippen molar-refractivity contribution in [3.63, 3.8) is 0 Å². The molecule has 0 bridgehead atoms. The number of aliphatic hydroxyl groups is 2. The summed E-state index contributed by atoms with van der Waals surface area (Å²) in [5, 5.41) is 17.9. The molecule has 0 amide bonds. The van der Waals surface area contributed by atoms with Crippen molar-refractivity contribution < 1.29 is 102 Å². The molecule has 14 nitrogen and oxygen atoms in total. The van der Waals surface area contributed by atoms with Crippen LogP contribution in [-0.4, -0.2) is 77.8 Å². The van der Waals surface area contributed by atoms with E-state index < -0.39 is 43.0 Å². The minimum Gasteiger partial charge on any atom is -0.486 e. The van der Waals surface area contributed by atoms with Crippen LogP contribution in [0.3, 0.4) is 0 Å². The summed E-state index contributed by atoms with van der Waals surface area (Å²) >= 11 is 0. The normalized spacial score (nSPS) is 12.9. The monoisotopic (exact) mass is 1790 g/mol. The summed E-state index contributed by atoms with van der Waals surface area (Å²) in [7, 11) is -3.84. The van der Waals surface area contributed by atoms with Gasteiger partial charge in [-0.2, -0.15) is 21.6 Å². The molecule has 20 heteroatoms. The molecule has 5 aromatic carbocycles. The average Bonchev–Trinajstić information content (AvgIpc) is 0.942. The van der Waals surface area contributed by atoms with Crippen LogP contribution in [0.1, 0.15) is 123 Å². The van der Waals surface area contributed by atoms with Crippen LogP contribution in [-0.2, 0) is 50.3 Å². The predicted octanol–water partition coefficient (Wildman–Crippen LogP) is 20.5. The molecule has 0 unspecified atom stereocenters. The maximum absolute atomic E-state index is 10.7. The van der Waals surface area contributed by atoms with Crippen molar-refractivity contribution in [2.75, 3.05) is 14.2 Å². The molecule has 0 saturated carbocycles. The van der Waals surface area contributed by atoms with Crippen molar-refractivity contribution in [3.05, 3.63) is 280 Å². The Kier molecular flexibility index (Phi) is 25.8. The van der Waals surface area contributed by atoms with Gasteiger partial charge in [-0.25, -0.2) is 9.97 Å². The number of aromatic nitrogens is 7. The van der Waals surface area contributed by atoms with Gasteiger partial charge in [-0.05, 0) is 173 Å². The molecule has 2 radical (unpaired) electrons. The fourth-order valence-electron chi connectivity index (χ4n) is 10.2. The molecule has 0 aliphatic carbocycles. The molecule has 9 heterocycles. The van der Waals surface area contributed by atoms with Crippen molar-refractivity contribution in [1.82, 2.24) is 34.9 Å². The second-order valence-electron chi connectivity index (χ2n) is 23.3. The molecular formula is C84H84F3Ir2N7O7S-4. The Balaban J connectivity index is 0.000000251. The van der Waals surface area contributed by atoms with Crippen LogP contribution in [0, 0.1) is 93.2 Å². The standard InChI is InChI=1S/C20H18N2O.C20H17N2O.2C14H14N.C13H12N.CHF3O3S.2CH4O.2Ir/c2*1-12(2)17-11-22-18(10-13(17)3)16-7-4-6-14-15-8-5-9-21-20(15)23-19(14)16;2*1-10-9-14(15-12(3)11(10)2)13-7-5-4-6-8-13;1-10-8-13(14-9-11(10)2)12-6-4-3-5-7-12;2-1(3,4)8(5,6)7;2*1-2;;/h4-12H,1-3H3;4-6,8-12H,1-3H3;2*4-7,9H,1-3H3;3-6,8-9H,1-2H3;(H,5,6,7);2*2H,1H3;;/q;4*-1;;;;;/i;3D3;2D3,3D3;;2D3;;;;;. The van der Waals surface area contributed by atoms with E-state index in [4.69, 9.17) is 48.5 Å². The van der Waals surface area contributed by atoms with Crippen LogP contribution in [0.25, 0.3) is 100 Å². The quantitative estimate of drug-likeness (QED) is 0.0770. The van der Waals surface area contributed by atoms with E-state index in [9.17, 15) is 13.2 Å². The number of hydrogen-bond donors (Lipinski definition) is 3. The largest absolute Gasteiger partial charge is 0.522 e. The minimum atomic E-state index is -5.84. The van der Waals surface area contributed by atoms with E-state index >= 15 is 0 Å². The van der Waals surface area contributed by atoms with Gasteiger partial charge in [0.25, 0.3) is 0 Å². The number of aryl methyl sites for hydroxylation is 8. The molecule has 14 aromatic rings. The van der Waals surface area contributed by atoms with Crippen molar-refractivity contribution in [1.29, 1.82) is 0 Å². The molecule has 546 valence electrons. The van der Waals surface area contributed by atoms with Crippen LogP contribution < -0.4 is 0 Å². The summed E-state index contributed by atoms with van der Waals surface area (Å²) < 4.78 is 161. The summed E-state index contributed by atoms with van der Waals surface area (Å²) in [6.07, 6.45) is 8.49. The molecule has 3 N–H and O–H groups in total. The Morgan fingerprint density at radius 1 is 0.442 bits per heavy atom. The average molecular weight is 1790 g/mol. The zero-order chi connectivity index (χ0) is 84.6. The molecular weight excluding hydrogens is 1690 g/mol. The summed E-state index contributed by atoms with van der Waals surface area (Å²) in [5.41, 5.74) is 13.1. The SMILES string of the molecule is CO.CO.Cc1cc(-c2[c-]cccc2)nc(C)c1C.Cc1cc(-c2cccc3c2oc2ncccc23)ncc1C(C)C.O=S(=O)(O)C(F)(F)F.[2H]C([2H])([2H])c1cc(-c2[c-]ccc3c2oc2ncccc23)ncc1C(C)C.[2H]C([2H])([2H])c1cnc(-c2[c-]cccc2)cc1C.[2H]C([2H])([2H])c1nc(-c2[c-]cccc2)cc(C)c1C([2H])([2H])[2H].[Ir].[Ir]. The maximum atomic E-state index is 10.7. The predicted molar refractivity (Wildman–Crippen MR) is 403 cm³/mol. The first-order chi connectivity index (χ1) is 53.5. The second kappa shape index (κ2) is 39.5. The summed E-state index contributed by atoms with van der Waals surface area (Å²) in [6.45, 7) is 10.7. The first kappa shape index (κ1) is 67.8. The number of alkyl halides is 3. The van der Waals surface area contributed by atoms with Gasteiger partial charge in [0.1, 0.15) is 5.58 Å². The van der Waals surface area contributed by atoms with Gasteiger partial charge in [0.15, 0.2) is 0 Å². The Bertz CT molecular complexity index is 5680. The van der Waals surface area contributed by atoms with Crippen LogP contribution in [0.2, 0.25) is 0 Å². The maximum Gasteiger partial charge on any atom is 0.522 e. The van der Waals surface area contributed by atoms with E-state index in [0.29, 0.717) is 62.1 Å². The van der Waals surface area contributed by atoms with E-state index in [0.717, 1.165) is 91.9 Å². The Morgan fingerprint density at radius 3 is 1.37 bits per heavy atom. The number of furan rings is 2. The van der Waals surface area contributed by atoms with Crippen molar-refractivity contribution >= 4 is 54.3 Å². The number of para-hydroxylation sites is 1. The number of hydrogen-bond acceptors (Lipinski definition) is 13. The Morgan fingerprint density at radius 2 is 0.894 bits per heavy atom. The van der Waals surface area contributed by atoms with E-state index in [2.05, 4.69) is 125 Å². The summed E-state index contributed by atoms with van der Waals surface area (Å²) in [6, 6.07) is 61.8. The van der Waals surface area contributed by atoms with Gasteiger partial charge in [0, 0.05) is 135 Å². The van der Waals surface area contributed by atoms with Gasteiger partial charge in [-0.3, -0.25) is 9.54 Å². The molecule has 0 fully saturated rings. The molecule has 0 aliphatic rings. The van der Waals surface area contributed by atoms with Gasteiger partial charge >= 0.3 is 15.6 Å². The van der Waals surface area contributed by atoms with Crippen molar-refractivity contribution in [3.8, 4) is 56.3 Å². The van der Waals surface area contributed by atoms with Crippen LogP contribution in [0.5, 0.6) is 0 Å². The van der Waals surface area contributed by atoms with E-state index in [-0.39, 0.29) is 57.4 Å². The first-order valence-corrected chi connectivity index (χ1v) is 33.2. The molecule has 0 atom stereocenters. The number of benzene rings is 5. The molecule has 0 spiro atoms. The fourth-order valence-corrected chi connectivity index (χ4v) is 10.2. The third-order valence-electron chi connectivity index (χ3n) is 15.7. The smallest absolute Gasteiger partial charge is 0.486 e. The molecule has 104 heavy (non-hydrogen) atoms. The third kappa shape index (κ3) is 21.9. The minimum absolute atomic E-state index is 0.